The lowest BCUT2D eigenvalue weighted by molar-refractivity contribution is 0.621. The van der Waals surface area contributed by atoms with E-state index in [1.54, 1.807) is 18.5 Å². The Bertz CT molecular complexity index is 470. The number of nitrogens with one attached hydrogen (secondary N) is 1. The summed E-state index contributed by atoms with van der Waals surface area (Å²) in [7, 11) is 0. The number of rotatable bonds is 4. The van der Waals surface area contributed by atoms with E-state index in [0.29, 0.717) is 0 Å². The number of imidazole rings is 1. The van der Waals surface area contributed by atoms with Gasteiger partial charge in [-0.3, -0.25) is 0 Å². The van der Waals surface area contributed by atoms with Gasteiger partial charge < -0.3 is 10.7 Å². The molecule has 2 rings (SSSR count). The van der Waals surface area contributed by atoms with Gasteiger partial charge in [0, 0.05) is 18.4 Å². The van der Waals surface area contributed by atoms with Crippen molar-refractivity contribution in [3.8, 4) is 0 Å². The third kappa shape index (κ3) is 3.08. The quantitative estimate of drug-likeness (QED) is 0.821. The minimum absolute atomic E-state index is 0.0168. The van der Waals surface area contributed by atoms with Gasteiger partial charge >= 0.3 is 0 Å². The zero-order valence-corrected chi connectivity index (χ0v) is 10.2. The topological polar surface area (TPSA) is 54.7 Å². The van der Waals surface area contributed by atoms with E-state index >= 15 is 0 Å². The maximum Gasteiger partial charge on any atom is 0.165 e. The third-order valence-electron chi connectivity index (χ3n) is 2.37. The van der Waals surface area contributed by atoms with E-state index in [0.717, 1.165) is 10.7 Å². The average Bonchev–Trinajstić information content (AvgIpc) is 2.78. The molecule has 2 aromatic rings. The summed E-state index contributed by atoms with van der Waals surface area (Å²) in [6, 6.07) is 6.44. The molecule has 0 spiro atoms. The molecule has 1 aromatic heterocycles. The van der Waals surface area contributed by atoms with E-state index in [1.165, 1.54) is 23.9 Å². The molecular weight excluding hydrogens is 237 g/mol. The summed E-state index contributed by atoms with van der Waals surface area (Å²) in [6.07, 6.45) is 3.44. The maximum absolute atomic E-state index is 13.2. The van der Waals surface area contributed by atoms with Gasteiger partial charge in [0.25, 0.3) is 0 Å². The van der Waals surface area contributed by atoms with Crippen LogP contribution in [0.15, 0.2) is 41.8 Å². The van der Waals surface area contributed by atoms with Gasteiger partial charge in [0.1, 0.15) is 5.82 Å². The monoisotopic (exact) mass is 251 g/mol. The van der Waals surface area contributed by atoms with Crippen molar-refractivity contribution in [2.24, 2.45) is 5.73 Å². The van der Waals surface area contributed by atoms with Crippen LogP contribution in [0.5, 0.6) is 0 Å². The van der Waals surface area contributed by atoms with Gasteiger partial charge in [-0.15, -0.1) is 0 Å². The number of nitrogens with zero attached hydrogens (tertiary/aromatic N) is 1. The highest BCUT2D eigenvalue weighted by molar-refractivity contribution is 7.99. The van der Waals surface area contributed by atoms with Gasteiger partial charge in [-0.1, -0.05) is 23.9 Å². The van der Waals surface area contributed by atoms with Crippen molar-refractivity contribution in [3.05, 3.63) is 48.0 Å². The minimum Gasteiger partial charge on any atom is -0.340 e. The molecule has 0 fully saturated rings. The second-order valence-electron chi connectivity index (χ2n) is 3.85. The van der Waals surface area contributed by atoms with Crippen molar-refractivity contribution in [3.63, 3.8) is 0 Å². The molecule has 0 radical (unpaired) electrons. The van der Waals surface area contributed by atoms with Crippen LogP contribution in [0.4, 0.5) is 4.39 Å². The number of benzene rings is 1. The Hall–Kier alpha value is -1.33. The summed E-state index contributed by atoms with van der Waals surface area (Å²) in [5.74, 6) is -0.242. The zero-order valence-electron chi connectivity index (χ0n) is 9.43. The summed E-state index contributed by atoms with van der Waals surface area (Å²) < 4.78 is 13.2. The van der Waals surface area contributed by atoms with E-state index < -0.39 is 0 Å². The Morgan fingerprint density at radius 3 is 2.88 bits per heavy atom. The lowest BCUT2D eigenvalue weighted by atomic mass is 10.1. The van der Waals surface area contributed by atoms with Crippen LogP contribution in [0.3, 0.4) is 0 Å². The Kier molecular flexibility index (Phi) is 3.81. The number of H-pyrrole nitrogens is 1. The summed E-state index contributed by atoms with van der Waals surface area (Å²) in [4.78, 5) is 7.15. The molecule has 0 saturated carbocycles. The van der Waals surface area contributed by atoms with Gasteiger partial charge in [-0.05, 0) is 24.6 Å². The van der Waals surface area contributed by atoms with Crippen molar-refractivity contribution in [1.82, 2.24) is 9.97 Å². The van der Waals surface area contributed by atoms with Crippen LogP contribution in [0, 0.1) is 5.82 Å². The van der Waals surface area contributed by atoms with Gasteiger partial charge in [0.15, 0.2) is 5.16 Å². The fraction of sp³-hybridized carbons (Fsp3) is 0.250. The molecule has 0 bridgehead atoms. The lowest BCUT2D eigenvalue weighted by Gasteiger charge is -2.19. The van der Waals surface area contributed by atoms with Crippen LogP contribution in [-0.2, 0) is 0 Å². The molecule has 2 unspecified atom stereocenters. The predicted octanol–water partition coefficient (Wildman–Crippen LogP) is 2.73. The van der Waals surface area contributed by atoms with Crippen LogP contribution in [0.2, 0.25) is 0 Å². The number of hydrogen-bond donors (Lipinski definition) is 2. The molecule has 0 amide bonds. The Balaban J connectivity index is 2.23. The molecule has 5 heteroatoms. The first kappa shape index (κ1) is 12.1. The van der Waals surface area contributed by atoms with Crippen LogP contribution in [-0.4, -0.2) is 16.0 Å². The first-order valence-electron chi connectivity index (χ1n) is 5.34. The Morgan fingerprint density at radius 2 is 2.29 bits per heavy atom. The van der Waals surface area contributed by atoms with E-state index in [-0.39, 0.29) is 17.1 Å². The summed E-state index contributed by atoms with van der Waals surface area (Å²) in [5, 5.41) is 0.772. The summed E-state index contributed by atoms with van der Waals surface area (Å²) in [5.41, 5.74) is 6.83. The SMILES string of the molecule is CC(N)C(Sc1ncc[nH]1)c1cccc(F)c1. The van der Waals surface area contributed by atoms with Crippen LogP contribution < -0.4 is 5.73 Å². The van der Waals surface area contributed by atoms with Crippen molar-refractivity contribution < 1.29 is 4.39 Å². The second kappa shape index (κ2) is 5.33. The first-order chi connectivity index (χ1) is 8.16. The second-order valence-corrected chi connectivity index (χ2v) is 4.98. The van der Waals surface area contributed by atoms with E-state index in [1.807, 2.05) is 13.0 Å². The van der Waals surface area contributed by atoms with Crippen molar-refractivity contribution >= 4 is 11.8 Å². The molecule has 0 aliphatic rings. The van der Waals surface area contributed by atoms with E-state index in [4.69, 9.17) is 5.73 Å². The zero-order chi connectivity index (χ0) is 12.3. The normalized spacial score (nSPS) is 14.5. The van der Waals surface area contributed by atoms with E-state index in [9.17, 15) is 4.39 Å². The van der Waals surface area contributed by atoms with Gasteiger partial charge in [-0.25, -0.2) is 9.37 Å². The standard InChI is InChI=1S/C12H14FN3S/c1-8(14)11(17-12-15-5-6-16-12)9-3-2-4-10(13)7-9/h2-8,11H,14H2,1H3,(H,15,16). The van der Waals surface area contributed by atoms with Crippen LogP contribution in [0.25, 0.3) is 0 Å². The largest absolute Gasteiger partial charge is 0.340 e. The average molecular weight is 251 g/mol. The van der Waals surface area contributed by atoms with E-state index in [2.05, 4.69) is 9.97 Å². The number of aromatic amines is 1. The minimum atomic E-state index is -0.242. The molecule has 2 atom stereocenters. The molecule has 90 valence electrons. The van der Waals surface area contributed by atoms with Crippen LogP contribution in [0.1, 0.15) is 17.7 Å². The molecule has 3 nitrogen and oxygen atoms in total. The van der Waals surface area contributed by atoms with Gasteiger partial charge in [0.2, 0.25) is 0 Å². The maximum atomic E-state index is 13.2. The molecule has 3 N–H and O–H groups in total. The predicted molar refractivity (Wildman–Crippen MR) is 67.2 cm³/mol. The first-order valence-corrected chi connectivity index (χ1v) is 6.22. The molecule has 0 saturated heterocycles. The summed E-state index contributed by atoms with van der Waals surface area (Å²) >= 11 is 1.51. The highest BCUT2D eigenvalue weighted by Gasteiger charge is 2.19. The fourth-order valence-electron chi connectivity index (χ4n) is 1.60. The molecule has 1 aromatic carbocycles. The van der Waals surface area contributed by atoms with Crippen molar-refractivity contribution in [1.29, 1.82) is 0 Å². The summed E-state index contributed by atoms with van der Waals surface area (Å²) in [6.45, 7) is 1.91. The number of halogens is 1. The molecular formula is C12H14FN3S. The Morgan fingerprint density at radius 1 is 1.47 bits per heavy atom. The number of thioether (sulfide) groups is 1. The van der Waals surface area contributed by atoms with Crippen molar-refractivity contribution in [2.45, 2.75) is 23.4 Å². The molecule has 1 heterocycles. The van der Waals surface area contributed by atoms with Crippen LogP contribution >= 0.6 is 11.8 Å². The van der Waals surface area contributed by atoms with Gasteiger partial charge in [-0.2, -0.15) is 0 Å². The smallest absolute Gasteiger partial charge is 0.165 e. The fourth-order valence-corrected chi connectivity index (χ4v) is 2.59. The number of aromatic nitrogens is 2. The highest BCUT2D eigenvalue weighted by atomic mass is 32.2. The molecule has 0 aliphatic heterocycles. The Labute approximate surface area is 104 Å². The molecule has 17 heavy (non-hydrogen) atoms. The lowest BCUT2D eigenvalue weighted by Crippen LogP contribution is -2.22. The van der Waals surface area contributed by atoms with Gasteiger partial charge in [0.05, 0.1) is 5.25 Å². The number of nitrogens with two attached hydrogens (primary N) is 1. The number of hydrogen-bond acceptors (Lipinski definition) is 3. The third-order valence-corrected chi connectivity index (χ3v) is 3.77. The highest BCUT2D eigenvalue weighted by Crippen LogP contribution is 2.35. The molecule has 0 aliphatic carbocycles. The van der Waals surface area contributed by atoms with Crippen molar-refractivity contribution in [2.75, 3.05) is 0 Å².